The molecule has 3 N–H and O–H groups in total. The summed E-state index contributed by atoms with van der Waals surface area (Å²) in [6.45, 7) is 3.98. The molecule has 0 unspecified atom stereocenters. The van der Waals surface area contributed by atoms with Crippen LogP contribution in [0.1, 0.15) is 26.3 Å². The molecule has 7 nitrogen and oxygen atoms in total. The Labute approximate surface area is 173 Å². The molecule has 0 aliphatic heterocycles. The van der Waals surface area contributed by atoms with Crippen molar-refractivity contribution in [3.8, 4) is 0 Å². The topological polar surface area (TPSA) is 105 Å². The molecule has 0 saturated carbocycles. The van der Waals surface area contributed by atoms with Crippen molar-refractivity contribution in [3.05, 3.63) is 35.9 Å². The van der Waals surface area contributed by atoms with Crippen LogP contribution in [0.3, 0.4) is 0 Å². The first-order valence-electron chi connectivity index (χ1n) is 9.51. The van der Waals surface area contributed by atoms with Crippen molar-refractivity contribution in [1.29, 1.82) is 0 Å². The van der Waals surface area contributed by atoms with Crippen molar-refractivity contribution in [1.82, 2.24) is 10.6 Å². The Kier molecular flexibility index (Phi) is 9.77. The average molecular weight is 432 g/mol. The van der Waals surface area contributed by atoms with Gasteiger partial charge < -0.3 is 20.5 Å². The smallest absolute Gasteiger partial charge is 0.401 e. The van der Waals surface area contributed by atoms with E-state index in [-0.39, 0.29) is 18.9 Å². The highest BCUT2D eigenvalue weighted by molar-refractivity contribution is 5.86. The number of ether oxygens (including phenoxy) is 1. The van der Waals surface area contributed by atoms with Crippen molar-refractivity contribution < 1.29 is 37.4 Å². The molecule has 0 aliphatic rings. The van der Waals surface area contributed by atoms with E-state index in [0.29, 0.717) is 5.56 Å². The van der Waals surface area contributed by atoms with Crippen molar-refractivity contribution in [3.63, 3.8) is 0 Å². The van der Waals surface area contributed by atoms with Crippen molar-refractivity contribution in [2.24, 2.45) is 11.8 Å². The monoisotopic (exact) mass is 432 g/mol. The lowest BCUT2D eigenvalue weighted by Gasteiger charge is -2.26. The van der Waals surface area contributed by atoms with Crippen LogP contribution in [0.25, 0.3) is 0 Å². The number of nitrogens with one attached hydrogen (secondary N) is 2. The minimum absolute atomic E-state index is 0.0622. The van der Waals surface area contributed by atoms with Gasteiger partial charge in [-0.05, 0) is 18.4 Å². The first-order valence-corrected chi connectivity index (χ1v) is 9.51. The van der Waals surface area contributed by atoms with Gasteiger partial charge in [-0.25, -0.2) is 4.79 Å². The van der Waals surface area contributed by atoms with Crippen molar-refractivity contribution >= 4 is 17.8 Å². The molecule has 0 fully saturated rings. The number of alkyl halides is 3. The standard InChI is InChI=1S/C20H27F3N2O5/c1-4-30-19(29)16(12(2)3)24-11-14(20(21,22)23)17(26)25-15(18(27)28)10-13-8-6-5-7-9-13/h5-9,12,14-16,24H,4,10-11H2,1-3H3,(H,25,26)(H,27,28)/t14-,15+,16+/m1/s1. The van der Waals surface area contributed by atoms with Crippen LogP contribution in [0.15, 0.2) is 30.3 Å². The van der Waals surface area contributed by atoms with E-state index in [1.807, 2.05) is 5.32 Å². The molecule has 0 aliphatic carbocycles. The zero-order valence-electron chi connectivity index (χ0n) is 17.0. The largest absolute Gasteiger partial charge is 0.480 e. The summed E-state index contributed by atoms with van der Waals surface area (Å²) in [7, 11) is 0. The van der Waals surface area contributed by atoms with E-state index in [1.54, 1.807) is 51.1 Å². The molecule has 3 atom stereocenters. The lowest BCUT2D eigenvalue weighted by molar-refractivity contribution is -0.183. The number of hydrogen-bond donors (Lipinski definition) is 3. The Morgan fingerprint density at radius 1 is 1.13 bits per heavy atom. The van der Waals surface area contributed by atoms with Gasteiger partial charge in [0.15, 0.2) is 0 Å². The summed E-state index contributed by atoms with van der Waals surface area (Å²) in [5.41, 5.74) is 0.550. The molecule has 1 aromatic rings. The summed E-state index contributed by atoms with van der Waals surface area (Å²) in [6.07, 6.45) is -5.11. The Bertz CT molecular complexity index is 710. The Morgan fingerprint density at radius 2 is 1.73 bits per heavy atom. The maximum absolute atomic E-state index is 13.5. The van der Waals surface area contributed by atoms with E-state index >= 15 is 0 Å². The molecule has 0 radical (unpaired) electrons. The predicted octanol–water partition coefficient (Wildman–Crippen LogP) is 2.15. The zero-order valence-corrected chi connectivity index (χ0v) is 17.0. The molecule has 0 bridgehead atoms. The molecular formula is C20H27F3N2O5. The van der Waals surface area contributed by atoms with Gasteiger partial charge in [0.25, 0.3) is 0 Å². The second-order valence-corrected chi connectivity index (χ2v) is 7.07. The molecule has 0 aromatic heterocycles. The number of carboxylic acid groups (broad SMARTS) is 1. The fourth-order valence-electron chi connectivity index (χ4n) is 2.75. The summed E-state index contributed by atoms with van der Waals surface area (Å²) in [6, 6.07) is 5.66. The second-order valence-electron chi connectivity index (χ2n) is 7.07. The number of esters is 1. The first-order chi connectivity index (χ1) is 14.0. The molecule has 1 rings (SSSR count). The van der Waals surface area contributed by atoms with Gasteiger partial charge in [0.1, 0.15) is 18.0 Å². The second kappa shape index (κ2) is 11.5. The molecule has 1 amide bonds. The zero-order chi connectivity index (χ0) is 22.9. The number of hydrogen-bond acceptors (Lipinski definition) is 5. The van der Waals surface area contributed by atoms with E-state index < -0.39 is 48.6 Å². The predicted molar refractivity (Wildman–Crippen MR) is 103 cm³/mol. The number of benzene rings is 1. The van der Waals surface area contributed by atoms with Crippen LogP contribution in [-0.2, 0) is 25.5 Å². The number of carboxylic acids is 1. The van der Waals surface area contributed by atoms with E-state index in [0.717, 1.165) is 0 Å². The summed E-state index contributed by atoms with van der Waals surface area (Å²) < 4.78 is 45.3. The van der Waals surface area contributed by atoms with Gasteiger partial charge in [-0.3, -0.25) is 9.59 Å². The molecule has 30 heavy (non-hydrogen) atoms. The van der Waals surface area contributed by atoms with Gasteiger partial charge in [0, 0.05) is 13.0 Å². The van der Waals surface area contributed by atoms with E-state index in [1.165, 1.54) is 0 Å². The van der Waals surface area contributed by atoms with Crippen LogP contribution in [0.2, 0.25) is 0 Å². The maximum Gasteiger partial charge on any atom is 0.401 e. The minimum Gasteiger partial charge on any atom is -0.480 e. The third kappa shape index (κ3) is 8.02. The number of carbonyl (C=O) groups is 3. The normalized spacial score (nSPS) is 14.6. The van der Waals surface area contributed by atoms with Gasteiger partial charge in [0.05, 0.1) is 6.61 Å². The Morgan fingerprint density at radius 3 is 2.20 bits per heavy atom. The SMILES string of the molecule is CCOC(=O)[C@@H](NC[C@H](C(=O)N[C@@H](Cc1ccccc1)C(=O)O)C(F)(F)F)C(C)C. The van der Waals surface area contributed by atoms with Gasteiger partial charge >= 0.3 is 18.1 Å². The van der Waals surface area contributed by atoms with Gasteiger partial charge in [0.2, 0.25) is 5.91 Å². The lowest BCUT2D eigenvalue weighted by atomic mass is 10.0. The Hall–Kier alpha value is -2.62. The quantitative estimate of drug-likeness (QED) is 0.463. The van der Waals surface area contributed by atoms with Crippen molar-refractivity contribution in [2.75, 3.05) is 13.2 Å². The van der Waals surface area contributed by atoms with Crippen LogP contribution in [0, 0.1) is 11.8 Å². The average Bonchev–Trinajstić information content (AvgIpc) is 2.64. The van der Waals surface area contributed by atoms with Crippen LogP contribution < -0.4 is 10.6 Å². The van der Waals surface area contributed by atoms with Crippen LogP contribution in [-0.4, -0.2) is 54.4 Å². The number of rotatable bonds is 11. The molecular weight excluding hydrogens is 405 g/mol. The third-order valence-electron chi connectivity index (χ3n) is 4.36. The first kappa shape index (κ1) is 25.4. The summed E-state index contributed by atoms with van der Waals surface area (Å²) in [5.74, 6) is -6.57. The number of aliphatic carboxylic acids is 1. The van der Waals surface area contributed by atoms with Crippen LogP contribution >= 0.6 is 0 Å². The molecule has 0 saturated heterocycles. The molecule has 10 heteroatoms. The van der Waals surface area contributed by atoms with Crippen LogP contribution in [0.4, 0.5) is 13.2 Å². The number of amides is 1. The van der Waals surface area contributed by atoms with Gasteiger partial charge in [-0.2, -0.15) is 13.2 Å². The van der Waals surface area contributed by atoms with Gasteiger partial charge in [-0.15, -0.1) is 0 Å². The van der Waals surface area contributed by atoms with Crippen LogP contribution in [0.5, 0.6) is 0 Å². The Balaban J connectivity index is 2.91. The van der Waals surface area contributed by atoms with E-state index in [4.69, 9.17) is 4.74 Å². The van der Waals surface area contributed by atoms with Crippen molar-refractivity contribution in [2.45, 2.75) is 45.5 Å². The fourth-order valence-corrected chi connectivity index (χ4v) is 2.75. The highest BCUT2D eigenvalue weighted by Gasteiger charge is 2.46. The van der Waals surface area contributed by atoms with Gasteiger partial charge in [-0.1, -0.05) is 44.2 Å². The summed E-state index contributed by atoms with van der Waals surface area (Å²) in [5, 5.41) is 13.7. The number of halogens is 3. The lowest BCUT2D eigenvalue weighted by Crippen LogP contribution is -2.53. The van der Waals surface area contributed by atoms with E-state index in [9.17, 15) is 32.7 Å². The molecule has 0 heterocycles. The summed E-state index contributed by atoms with van der Waals surface area (Å²) in [4.78, 5) is 35.7. The number of carbonyl (C=O) groups excluding carboxylic acids is 2. The maximum atomic E-state index is 13.5. The summed E-state index contributed by atoms with van der Waals surface area (Å²) >= 11 is 0. The highest BCUT2D eigenvalue weighted by Crippen LogP contribution is 2.26. The fraction of sp³-hybridized carbons (Fsp3) is 0.550. The minimum atomic E-state index is -4.94. The molecule has 0 spiro atoms. The molecule has 1 aromatic carbocycles. The third-order valence-corrected chi connectivity index (χ3v) is 4.36. The molecule has 168 valence electrons. The van der Waals surface area contributed by atoms with E-state index in [2.05, 4.69) is 5.32 Å². The highest BCUT2D eigenvalue weighted by atomic mass is 19.4.